The highest BCUT2D eigenvalue weighted by Gasteiger charge is 2.33. The number of amides is 3. The van der Waals surface area contributed by atoms with Gasteiger partial charge in [-0.1, -0.05) is 0 Å². The summed E-state index contributed by atoms with van der Waals surface area (Å²) in [5.74, 6) is -0.822. The first-order valence-corrected chi connectivity index (χ1v) is 6.86. The van der Waals surface area contributed by atoms with E-state index in [-0.39, 0.29) is 23.8 Å². The number of nitrogens with zero attached hydrogens (tertiary/aromatic N) is 2. The van der Waals surface area contributed by atoms with Crippen LogP contribution in [0.1, 0.15) is 38.0 Å². The monoisotopic (exact) mass is 288 g/mol. The topological polar surface area (TPSA) is 66.9 Å². The molecule has 2 aliphatic heterocycles. The van der Waals surface area contributed by atoms with E-state index in [0.29, 0.717) is 36.4 Å². The van der Waals surface area contributed by atoms with Gasteiger partial charge in [-0.2, -0.15) is 0 Å². The molecule has 0 bridgehead atoms. The maximum atomic E-state index is 12.5. The van der Waals surface area contributed by atoms with E-state index in [1.54, 1.807) is 17.0 Å². The van der Waals surface area contributed by atoms with Gasteiger partial charge in [0, 0.05) is 25.7 Å². The molecule has 110 valence electrons. The minimum atomic E-state index is -0.361. The van der Waals surface area contributed by atoms with Crippen LogP contribution in [0.4, 0.5) is 0 Å². The first-order valence-electron chi connectivity index (χ1n) is 6.86. The number of imide groups is 1. The Morgan fingerprint density at radius 1 is 1.24 bits per heavy atom. The summed E-state index contributed by atoms with van der Waals surface area (Å²) >= 11 is 0. The maximum Gasteiger partial charge on any atom is 0.261 e. The minimum Gasteiger partial charge on any atom is -0.375 e. The number of carbonyl (C=O) groups is 3. The number of carbonyl (C=O) groups excluding carboxylic acids is 3. The summed E-state index contributed by atoms with van der Waals surface area (Å²) in [7, 11) is 1.44. The van der Waals surface area contributed by atoms with Crippen molar-refractivity contribution in [3.8, 4) is 0 Å². The molecule has 0 radical (unpaired) electrons. The third-order valence-corrected chi connectivity index (χ3v) is 3.86. The quantitative estimate of drug-likeness (QED) is 0.716. The Morgan fingerprint density at radius 2 is 1.95 bits per heavy atom. The molecule has 1 aromatic rings. The number of hydrogen-bond acceptors (Lipinski definition) is 4. The molecule has 3 rings (SSSR count). The second-order valence-electron chi connectivity index (χ2n) is 5.36. The van der Waals surface area contributed by atoms with Gasteiger partial charge in [0.25, 0.3) is 17.7 Å². The van der Waals surface area contributed by atoms with Crippen molar-refractivity contribution in [1.82, 2.24) is 9.80 Å². The summed E-state index contributed by atoms with van der Waals surface area (Å²) < 4.78 is 5.41. The smallest absolute Gasteiger partial charge is 0.261 e. The van der Waals surface area contributed by atoms with E-state index in [0.717, 1.165) is 4.90 Å². The number of benzene rings is 1. The predicted octanol–water partition coefficient (Wildman–Crippen LogP) is 0.773. The van der Waals surface area contributed by atoms with Gasteiger partial charge in [0.2, 0.25) is 0 Å². The Hall–Kier alpha value is -2.21. The van der Waals surface area contributed by atoms with Gasteiger partial charge in [0.05, 0.1) is 23.8 Å². The average Bonchev–Trinajstić information content (AvgIpc) is 2.71. The molecule has 1 unspecified atom stereocenters. The van der Waals surface area contributed by atoms with Gasteiger partial charge in [0.1, 0.15) is 0 Å². The maximum absolute atomic E-state index is 12.5. The summed E-state index contributed by atoms with van der Waals surface area (Å²) in [4.78, 5) is 39.0. The molecule has 1 aromatic carbocycles. The van der Waals surface area contributed by atoms with Crippen LogP contribution >= 0.6 is 0 Å². The lowest BCUT2D eigenvalue weighted by atomic mass is 10.0. The largest absolute Gasteiger partial charge is 0.375 e. The molecule has 21 heavy (non-hydrogen) atoms. The molecule has 0 N–H and O–H groups in total. The fourth-order valence-electron chi connectivity index (χ4n) is 2.68. The third kappa shape index (κ3) is 2.21. The lowest BCUT2D eigenvalue weighted by Crippen LogP contribution is -2.44. The molecule has 3 amide bonds. The van der Waals surface area contributed by atoms with Crippen LogP contribution in [0.3, 0.4) is 0 Å². The molecule has 2 aliphatic rings. The Balaban J connectivity index is 1.89. The molecule has 6 nitrogen and oxygen atoms in total. The summed E-state index contributed by atoms with van der Waals surface area (Å²) in [6, 6.07) is 4.67. The van der Waals surface area contributed by atoms with Crippen LogP contribution in [0, 0.1) is 0 Å². The summed E-state index contributed by atoms with van der Waals surface area (Å²) in [5.41, 5.74) is 1.09. The van der Waals surface area contributed by atoms with E-state index >= 15 is 0 Å². The molecular weight excluding hydrogens is 272 g/mol. The van der Waals surface area contributed by atoms with E-state index in [1.165, 1.54) is 13.1 Å². The van der Waals surface area contributed by atoms with Crippen LogP contribution in [0.15, 0.2) is 18.2 Å². The van der Waals surface area contributed by atoms with Crippen molar-refractivity contribution in [3.05, 3.63) is 34.9 Å². The Morgan fingerprint density at radius 3 is 2.67 bits per heavy atom. The first kappa shape index (κ1) is 13.8. The Kier molecular flexibility index (Phi) is 3.25. The Labute approximate surface area is 122 Å². The normalized spacial score (nSPS) is 21.7. The Bertz CT molecular complexity index is 641. The van der Waals surface area contributed by atoms with Crippen molar-refractivity contribution in [1.29, 1.82) is 0 Å². The van der Waals surface area contributed by atoms with Crippen molar-refractivity contribution in [2.24, 2.45) is 0 Å². The van der Waals surface area contributed by atoms with E-state index in [1.807, 2.05) is 6.92 Å². The molecule has 6 heteroatoms. The van der Waals surface area contributed by atoms with Gasteiger partial charge < -0.3 is 9.64 Å². The molecule has 0 spiro atoms. The fourth-order valence-corrected chi connectivity index (χ4v) is 2.68. The van der Waals surface area contributed by atoms with Crippen LogP contribution < -0.4 is 0 Å². The molecule has 1 atom stereocenters. The zero-order chi connectivity index (χ0) is 15.1. The highest BCUT2D eigenvalue weighted by Crippen LogP contribution is 2.23. The van der Waals surface area contributed by atoms with Crippen LogP contribution in [-0.4, -0.2) is 60.4 Å². The van der Waals surface area contributed by atoms with Crippen molar-refractivity contribution in [3.63, 3.8) is 0 Å². The van der Waals surface area contributed by atoms with E-state index < -0.39 is 0 Å². The number of hydrogen-bond donors (Lipinski definition) is 0. The molecule has 1 fully saturated rings. The standard InChI is InChI=1S/C15H16N2O4/c1-9-8-17(5-6-21-9)13(18)10-3-4-11-12(7-10)15(20)16(2)14(11)19/h3-4,7,9H,5-6,8H2,1-2H3. The third-order valence-electron chi connectivity index (χ3n) is 3.86. The van der Waals surface area contributed by atoms with Gasteiger partial charge in [-0.25, -0.2) is 0 Å². The number of rotatable bonds is 1. The summed E-state index contributed by atoms with van der Waals surface area (Å²) in [6.45, 7) is 3.49. The van der Waals surface area contributed by atoms with Crippen molar-refractivity contribution >= 4 is 17.7 Å². The molecule has 0 aromatic heterocycles. The fraction of sp³-hybridized carbons (Fsp3) is 0.400. The molecular formula is C15H16N2O4. The van der Waals surface area contributed by atoms with Gasteiger partial charge in [0.15, 0.2) is 0 Å². The molecule has 0 aliphatic carbocycles. The van der Waals surface area contributed by atoms with Crippen LogP contribution in [-0.2, 0) is 4.74 Å². The SMILES string of the molecule is CC1CN(C(=O)c2ccc3c(c2)C(=O)N(C)C3=O)CCO1. The van der Waals surface area contributed by atoms with E-state index in [9.17, 15) is 14.4 Å². The summed E-state index contributed by atoms with van der Waals surface area (Å²) in [5, 5.41) is 0. The molecule has 2 heterocycles. The second-order valence-corrected chi connectivity index (χ2v) is 5.36. The van der Waals surface area contributed by atoms with E-state index in [2.05, 4.69) is 0 Å². The van der Waals surface area contributed by atoms with E-state index in [4.69, 9.17) is 4.74 Å². The second kappa shape index (κ2) is 4.96. The molecule has 1 saturated heterocycles. The van der Waals surface area contributed by atoms with Crippen LogP contribution in [0.5, 0.6) is 0 Å². The lowest BCUT2D eigenvalue weighted by Gasteiger charge is -2.31. The highest BCUT2D eigenvalue weighted by molar-refractivity contribution is 6.21. The summed E-state index contributed by atoms with van der Waals surface area (Å²) in [6.07, 6.45) is 0.00599. The van der Waals surface area contributed by atoms with Gasteiger partial charge >= 0.3 is 0 Å². The van der Waals surface area contributed by atoms with Crippen molar-refractivity contribution in [2.45, 2.75) is 13.0 Å². The van der Waals surface area contributed by atoms with Crippen molar-refractivity contribution < 1.29 is 19.1 Å². The first-order chi connectivity index (χ1) is 9.99. The van der Waals surface area contributed by atoms with Gasteiger partial charge in [-0.3, -0.25) is 19.3 Å². The number of morpholine rings is 1. The molecule has 0 saturated carbocycles. The highest BCUT2D eigenvalue weighted by atomic mass is 16.5. The zero-order valence-electron chi connectivity index (χ0n) is 12.0. The minimum absolute atomic E-state index is 0.00599. The van der Waals surface area contributed by atoms with Gasteiger partial charge in [-0.05, 0) is 25.1 Å². The number of ether oxygens (including phenoxy) is 1. The van der Waals surface area contributed by atoms with Crippen LogP contribution in [0.2, 0.25) is 0 Å². The van der Waals surface area contributed by atoms with Crippen LogP contribution in [0.25, 0.3) is 0 Å². The zero-order valence-corrected chi connectivity index (χ0v) is 12.0. The van der Waals surface area contributed by atoms with Gasteiger partial charge in [-0.15, -0.1) is 0 Å². The average molecular weight is 288 g/mol. The van der Waals surface area contributed by atoms with Crippen molar-refractivity contribution in [2.75, 3.05) is 26.7 Å². The lowest BCUT2D eigenvalue weighted by molar-refractivity contribution is -0.0124. The number of fused-ring (bicyclic) bond motifs is 1. The predicted molar refractivity (Wildman–Crippen MR) is 74.2 cm³/mol.